The van der Waals surface area contributed by atoms with E-state index < -0.39 is 17.6 Å². The molecule has 2 N–H and O–H groups in total. The number of hydrogen-bond donors (Lipinski definition) is 2. The van der Waals surface area contributed by atoms with Gasteiger partial charge in [-0.3, -0.25) is 9.59 Å². The van der Waals surface area contributed by atoms with Crippen molar-refractivity contribution in [2.24, 2.45) is 5.92 Å². The number of amides is 2. The minimum atomic E-state index is -0.751. The summed E-state index contributed by atoms with van der Waals surface area (Å²) in [6.45, 7) is 2.50. The predicted octanol–water partition coefficient (Wildman–Crippen LogP) is 1.04. The molecule has 1 aliphatic rings. The fraction of sp³-hybridized carbons (Fsp3) is 0.467. The van der Waals surface area contributed by atoms with Gasteiger partial charge in [-0.25, -0.2) is 8.78 Å². The van der Waals surface area contributed by atoms with Crippen molar-refractivity contribution < 1.29 is 18.4 Å². The van der Waals surface area contributed by atoms with Crippen molar-refractivity contribution in [2.45, 2.75) is 19.4 Å². The second-order valence-corrected chi connectivity index (χ2v) is 5.47. The Bertz CT molecular complexity index is 560. The summed E-state index contributed by atoms with van der Waals surface area (Å²) in [5.41, 5.74) is 0.140. The lowest BCUT2D eigenvalue weighted by Crippen LogP contribution is -2.40. The van der Waals surface area contributed by atoms with Crippen LogP contribution in [0, 0.1) is 17.6 Å². The molecule has 1 aromatic carbocycles. The number of likely N-dealkylation sites (N-methyl/N-ethyl adjacent to an activating group) is 1. The summed E-state index contributed by atoms with van der Waals surface area (Å²) >= 11 is 0. The third-order valence-corrected chi connectivity index (χ3v) is 3.73. The maximum Gasteiger partial charge on any atom is 0.227 e. The highest BCUT2D eigenvalue weighted by Gasteiger charge is 2.35. The van der Waals surface area contributed by atoms with E-state index in [4.69, 9.17) is 0 Å². The molecule has 0 radical (unpaired) electrons. The minimum Gasteiger partial charge on any atom is -0.354 e. The van der Waals surface area contributed by atoms with Gasteiger partial charge in [0.25, 0.3) is 0 Å². The molecule has 2 atom stereocenters. The van der Waals surface area contributed by atoms with Crippen LogP contribution in [-0.2, 0) is 9.59 Å². The van der Waals surface area contributed by atoms with Crippen molar-refractivity contribution in [3.05, 3.63) is 29.8 Å². The monoisotopic (exact) mass is 311 g/mol. The van der Waals surface area contributed by atoms with Crippen LogP contribution in [0.3, 0.4) is 0 Å². The first-order valence-corrected chi connectivity index (χ1v) is 7.12. The van der Waals surface area contributed by atoms with E-state index in [1.165, 1.54) is 4.90 Å². The summed E-state index contributed by atoms with van der Waals surface area (Å²) in [7, 11) is 1.79. The van der Waals surface area contributed by atoms with Crippen LogP contribution in [-0.4, -0.2) is 38.0 Å². The Balaban J connectivity index is 2.02. The zero-order chi connectivity index (χ0) is 16.3. The lowest BCUT2D eigenvalue weighted by atomic mass is 10.1. The SMILES string of the molecule is CNC(C)CNC(=O)C1CC(=O)N(c2cc(F)cc(F)c2)C1. The van der Waals surface area contributed by atoms with Crippen molar-refractivity contribution in [1.29, 1.82) is 0 Å². The van der Waals surface area contributed by atoms with Crippen LogP contribution in [0.15, 0.2) is 18.2 Å². The molecule has 0 aromatic heterocycles. The molecule has 1 aliphatic heterocycles. The molecular weight excluding hydrogens is 292 g/mol. The molecule has 120 valence electrons. The fourth-order valence-electron chi connectivity index (χ4n) is 2.33. The largest absolute Gasteiger partial charge is 0.354 e. The molecule has 22 heavy (non-hydrogen) atoms. The molecule has 7 heteroatoms. The van der Waals surface area contributed by atoms with E-state index in [1.54, 1.807) is 7.05 Å². The van der Waals surface area contributed by atoms with E-state index in [-0.39, 0.29) is 36.5 Å². The zero-order valence-corrected chi connectivity index (χ0v) is 12.5. The van der Waals surface area contributed by atoms with E-state index in [0.29, 0.717) is 6.54 Å². The van der Waals surface area contributed by atoms with E-state index in [1.807, 2.05) is 6.92 Å². The van der Waals surface area contributed by atoms with Crippen LogP contribution in [0.1, 0.15) is 13.3 Å². The van der Waals surface area contributed by atoms with Gasteiger partial charge in [-0.05, 0) is 26.1 Å². The second-order valence-electron chi connectivity index (χ2n) is 5.47. The van der Waals surface area contributed by atoms with E-state index >= 15 is 0 Å². The molecule has 2 amide bonds. The van der Waals surface area contributed by atoms with Crippen LogP contribution in [0.5, 0.6) is 0 Å². The summed E-state index contributed by atoms with van der Waals surface area (Å²) in [5.74, 6) is -2.55. The van der Waals surface area contributed by atoms with Crippen molar-refractivity contribution in [3.8, 4) is 0 Å². The van der Waals surface area contributed by atoms with Gasteiger partial charge in [0.1, 0.15) is 11.6 Å². The smallest absolute Gasteiger partial charge is 0.227 e. The van der Waals surface area contributed by atoms with Crippen molar-refractivity contribution in [2.75, 3.05) is 25.0 Å². The van der Waals surface area contributed by atoms with Gasteiger partial charge in [0.15, 0.2) is 0 Å². The molecule has 5 nitrogen and oxygen atoms in total. The zero-order valence-electron chi connectivity index (χ0n) is 12.5. The van der Waals surface area contributed by atoms with Crippen molar-refractivity contribution >= 4 is 17.5 Å². The minimum absolute atomic E-state index is 0.0396. The van der Waals surface area contributed by atoms with Gasteiger partial charge in [-0.1, -0.05) is 0 Å². The van der Waals surface area contributed by atoms with Crippen LogP contribution in [0.2, 0.25) is 0 Å². The summed E-state index contributed by atoms with van der Waals surface area (Å²) in [5, 5.41) is 5.75. The van der Waals surface area contributed by atoms with Gasteiger partial charge < -0.3 is 15.5 Å². The van der Waals surface area contributed by atoms with Crippen molar-refractivity contribution in [3.63, 3.8) is 0 Å². The molecule has 1 aromatic rings. The summed E-state index contributed by atoms with van der Waals surface area (Å²) < 4.78 is 26.5. The van der Waals surface area contributed by atoms with Gasteiger partial charge in [-0.15, -0.1) is 0 Å². The highest BCUT2D eigenvalue weighted by atomic mass is 19.1. The average molecular weight is 311 g/mol. The van der Waals surface area contributed by atoms with Crippen LogP contribution >= 0.6 is 0 Å². The molecular formula is C15H19F2N3O2. The number of benzene rings is 1. The maximum atomic E-state index is 13.2. The second kappa shape index (κ2) is 6.83. The number of anilines is 1. The molecule has 0 aliphatic carbocycles. The number of carbonyl (C=O) groups is 2. The number of hydrogen-bond acceptors (Lipinski definition) is 3. The van der Waals surface area contributed by atoms with Crippen LogP contribution in [0.4, 0.5) is 14.5 Å². The number of halogens is 2. The van der Waals surface area contributed by atoms with E-state index in [9.17, 15) is 18.4 Å². The standard InChI is InChI=1S/C15H19F2N3O2/c1-9(18-2)7-19-15(22)10-3-14(21)20(8-10)13-5-11(16)4-12(17)6-13/h4-6,9-10,18H,3,7-8H2,1-2H3,(H,19,22). The topological polar surface area (TPSA) is 61.4 Å². The molecule has 1 saturated heterocycles. The first kappa shape index (κ1) is 16.4. The Morgan fingerprint density at radius 3 is 2.59 bits per heavy atom. The van der Waals surface area contributed by atoms with E-state index in [0.717, 1.165) is 18.2 Å². The first-order valence-electron chi connectivity index (χ1n) is 7.12. The van der Waals surface area contributed by atoms with Gasteiger partial charge in [0, 0.05) is 37.3 Å². The summed E-state index contributed by atoms with van der Waals surface area (Å²) in [6, 6.07) is 3.04. The Morgan fingerprint density at radius 2 is 2.00 bits per heavy atom. The number of rotatable bonds is 5. The number of carbonyl (C=O) groups excluding carboxylic acids is 2. The molecule has 1 heterocycles. The Labute approximate surface area is 127 Å². The highest BCUT2D eigenvalue weighted by molar-refractivity contribution is 6.00. The number of nitrogens with one attached hydrogen (secondary N) is 2. The van der Waals surface area contributed by atoms with E-state index in [2.05, 4.69) is 10.6 Å². The van der Waals surface area contributed by atoms with Crippen molar-refractivity contribution in [1.82, 2.24) is 10.6 Å². The Morgan fingerprint density at radius 1 is 1.36 bits per heavy atom. The molecule has 0 spiro atoms. The fourth-order valence-corrected chi connectivity index (χ4v) is 2.33. The van der Waals surface area contributed by atoms with Gasteiger partial charge in [-0.2, -0.15) is 0 Å². The van der Waals surface area contributed by atoms with Crippen LogP contribution < -0.4 is 15.5 Å². The Hall–Kier alpha value is -2.02. The summed E-state index contributed by atoms with van der Waals surface area (Å²) in [4.78, 5) is 25.3. The van der Waals surface area contributed by atoms with Gasteiger partial charge >= 0.3 is 0 Å². The average Bonchev–Trinajstić information content (AvgIpc) is 2.85. The normalized spacial score (nSPS) is 19.4. The highest BCUT2D eigenvalue weighted by Crippen LogP contribution is 2.26. The van der Waals surface area contributed by atoms with Gasteiger partial charge in [0.05, 0.1) is 5.92 Å². The summed E-state index contributed by atoms with van der Waals surface area (Å²) in [6.07, 6.45) is 0.0396. The molecule has 2 rings (SSSR count). The number of nitrogens with zero attached hydrogens (tertiary/aromatic N) is 1. The Kier molecular flexibility index (Phi) is 5.07. The van der Waals surface area contributed by atoms with Gasteiger partial charge in [0.2, 0.25) is 11.8 Å². The third-order valence-electron chi connectivity index (χ3n) is 3.73. The quantitative estimate of drug-likeness (QED) is 0.854. The molecule has 0 saturated carbocycles. The molecule has 2 unspecified atom stereocenters. The molecule has 0 bridgehead atoms. The lowest BCUT2D eigenvalue weighted by molar-refractivity contribution is -0.126. The first-order chi connectivity index (χ1) is 10.4. The predicted molar refractivity (Wildman–Crippen MR) is 78.3 cm³/mol. The third kappa shape index (κ3) is 3.79. The van der Waals surface area contributed by atoms with Crippen LogP contribution in [0.25, 0.3) is 0 Å². The lowest BCUT2D eigenvalue weighted by Gasteiger charge is -2.17. The maximum absolute atomic E-state index is 13.2. The molecule has 1 fully saturated rings.